The van der Waals surface area contributed by atoms with Crippen molar-refractivity contribution in [3.8, 4) is 0 Å². The van der Waals surface area contributed by atoms with E-state index in [0.29, 0.717) is 6.54 Å². The molecule has 0 aliphatic heterocycles. The van der Waals surface area contributed by atoms with Crippen molar-refractivity contribution < 1.29 is 0 Å². The minimum atomic E-state index is 0.230. The first kappa shape index (κ1) is 13.1. The van der Waals surface area contributed by atoms with Gasteiger partial charge >= 0.3 is 0 Å². The third-order valence-corrected chi connectivity index (χ3v) is 2.55. The molecule has 0 aromatic carbocycles. The van der Waals surface area contributed by atoms with Gasteiger partial charge in [0.15, 0.2) is 0 Å². The van der Waals surface area contributed by atoms with E-state index in [0.717, 1.165) is 30.1 Å². The molecule has 0 unspecified atom stereocenters. The molecule has 16 heavy (non-hydrogen) atoms. The minimum absolute atomic E-state index is 0.230. The molecule has 0 saturated heterocycles. The van der Waals surface area contributed by atoms with Crippen LogP contribution in [0.5, 0.6) is 0 Å². The number of hydrogen-bond acceptors (Lipinski definition) is 3. The minimum Gasteiger partial charge on any atom is -0.330 e. The second kappa shape index (κ2) is 4.91. The molecule has 3 nitrogen and oxygen atoms in total. The van der Waals surface area contributed by atoms with Crippen molar-refractivity contribution in [2.24, 2.45) is 11.1 Å². The Morgan fingerprint density at radius 2 is 1.56 bits per heavy atom. The standard InChI is InChI=1S/C13H23N3/c1-9-11(6-7-14)10(2)16-12(15-9)8-13(3,4)5/h6-8,14H2,1-5H3. The molecule has 2 N–H and O–H groups in total. The highest BCUT2D eigenvalue weighted by atomic mass is 14.9. The summed E-state index contributed by atoms with van der Waals surface area (Å²) in [5, 5.41) is 0. The Bertz CT molecular complexity index is 341. The summed E-state index contributed by atoms with van der Waals surface area (Å²) in [5.74, 6) is 0.947. The molecule has 1 rings (SSSR count). The van der Waals surface area contributed by atoms with E-state index in [2.05, 4.69) is 30.7 Å². The van der Waals surface area contributed by atoms with Gasteiger partial charge in [-0.25, -0.2) is 9.97 Å². The zero-order valence-corrected chi connectivity index (χ0v) is 11.1. The molecule has 0 spiro atoms. The van der Waals surface area contributed by atoms with Crippen LogP contribution in [0.3, 0.4) is 0 Å². The number of hydrogen-bond donors (Lipinski definition) is 1. The van der Waals surface area contributed by atoms with Crippen molar-refractivity contribution in [2.75, 3.05) is 6.54 Å². The lowest BCUT2D eigenvalue weighted by molar-refractivity contribution is 0.399. The maximum Gasteiger partial charge on any atom is 0.129 e. The van der Waals surface area contributed by atoms with Crippen molar-refractivity contribution in [1.82, 2.24) is 9.97 Å². The summed E-state index contributed by atoms with van der Waals surface area (Å²) in [7, 11) is 0. The van der Waals surface area contributed by atoms with Crippen molar-refractivity contribution in [2.45, 2.75) is 47.5 Å². The third-order valence-electron chi connectivity index (χ3n) is 2.55. The topological polar surface area (TPSA) is 51.8 Å². The summed E-state index contributed by atoms with van der Waals surface area (Å²) in [6.07, 6.45) is 1.78. The second-order valence-electron chi connectivity index (χ2n) is 5.57. The van der Waals surface area contributed by atoms with Gasteiger partial charge in [0.05, 0.1) is 0 Å². The van der Waals surface area contributed by atoms with Crippen LogP contribution in [0.25, 0.3) is 0 Å². The lowest BCUT2D eigenvalue weighted by atomic mass is 9.92. The zero-order valence-electron chi connectivity index (χ0n) is 11.1. The van der Waals surface area contributed by atoms with Crippen LogP contribution in [-0.2, 0) is 12.8 Å². The molecule has 0 atom stereocenters. The Morgan fingerprint density at radius 3 is 1.94 bits per heavy atom. The molecule has 0 amide bonds. The monoisotopic (exact) mass is 221 g/mol. The number of rotatable bonds is 3. The molecule has 1 heterocycles. The molecule has 1 aromatic heterocycles. The molecular weight excluding hydrogens is 198 g/mol. The van der Waals surface area contributed by atoms with E-state index in [1.54, 1.807) is 0 Å². The Kier molecular flexibility index (Phi) is 4.03. The average molecular weight is 221 g/mol. The van der Waals surface area contributed by atoms with Crippen molar-refractivity contribution >= 4 is 0 Å². The highest BCUT2D eigenvalue weighted by molar-refractivity contribution is 5.24. The van der Waals surface area contributed by atoms with E-state index in [1.165, 1.54) is 5.56 Å². The molecule has 3 heteroatoms. The van der Waals surface area contributed by atoms with Gasteiger partial charge in [-0.3, -0.25) is 0 Å². The quantitative estimate of drug-likeness (QED) is 0.851. The van der Waals surface area contributed by atoms with E-state index in [1.807, 2.05) is 13.8 Å². The molecule has 0 fully saturated rings. The maximum atomic E-state index is 5.58. The fourth-order valence-corrected chi connectivity index (χ4v) is 1.87. The van der Waals surface area contributed by atoms with Gasteiger partial charge in [-0.05, 0) is 37.8 Å². The summed E-state index contributed by atoms with van der Waals surface area (Å²) in [6, 6.07) is 0. The fourth-order valence-electron chi connectivity index (χ4n) is 1.87. The van der Waals surface area contributed by atoms with Crippen LogP contribution in [0.2, 0.25) is 0 Å². The van der Waals surface area contributed by atoms with Gasteiger partial charge < -0.3 is 5.73 Å². The van der Waals surface area contributed by atoms with Crippen LogP contribution < -0.4 is 5.73 Å². The molecular formula is C13H23N3. The first-order valence-corrected chi connectivity index (χ1v) is 5.86. The molecule has 0 aliphatic rings. The maximum absolute atomic E-state index is 5.58. The van der Waals surface area contributed by atoms with Crippen molar-refractivity contribution in [3.63, 3.8) is 0 Å². The summed E-state index contributed by atoms with van der Waals surface area (Å²) in [5.41, 5.74) is 9.18. The lowest BCUT2D eigenvalue weighted by Gasteiger charge is -2.18. The normalized spacial score (nSPS) is 11.9. The third kappa shape index (κ3) is 3.56. The Hall–Kier alpha value is -0.960. The van der Waals surface area contributed by atoms with Gasteiger partial charge in [-0.15, -0.1) is 0 Å². The van der Waals surface area contributed by atoms with Crippen molar-refractivity contribution in [3.05, 3.63) is 22.8 Å². The van der Waals surface area contributed by atoms with E-state index in [9.17, 15) is 0 Å². The zero-order chi connectivity index (χ0) is 12.3. The predicted octanol–water partition coefficient (Wildman–Crippen LogP) is 2.18. The van der Waals surface area contributed by atoms with E-state index in [4.69, 9.17) is 5.73 Å². The highest BCUT2D eigenvalue weighted by Crippen LogP contribution is 2.20. The van der Waals surface area contributed by atoms with Crippen molar-refractivity contribution in [1.29, 1.82) is 0 Å². The number of aryl methyl sites for hydroxylation is 2. The van der Waals surface area contributed by atoms with Gasteiger partial charge in [-0.2, -0.15) is 0 Å². The van der Waals surface area contributed by atoms with E-state index in [-0.39, 0.29) is 5.41 Å². The molecule has 0 radical (unpaired) electrons. The summed E-state index contributed by atoms with van der Waals surface area (Å²) < 4.78 is 0. The van der Waals surface area contributed by atoms with Gasteiger partial charge in [-0.1, -0.05) is 20.8 Å². The molecule has 1 aromatic rings. The highest BCUT2D eigenvalue weighted by Gasteiger charge is 2.15. The van der Waals surface area contributed by atoms with Crippen LogP contribution in [-0.4, -0.2) is 16.5 Å². The van der Waals surface area contributed by atoms with Crippen LogP contribution in [0.1, 0.15) is 43.5 Å². The smallest absolute Gasteiger partial charge is 0.129 e. The molecule has 0 aliphatic carbocycles. The van der Waals surface area contributed by atoms with Gasteiger partial charge in [0.2, 0.25) is 0 Å². The first-order chi connectivity index (χ1) is 7.33. The first-order valence-electron chi connectivity index (χ1n) is 5.86. The molecule has 90 valence electrons. The SMILES string of the molecule is Cc1nc(CC(C)(C)C)nc(C)c1CCN. The average Bonchev–Trinajstić information content (AvgIpc) is 2.08. The molecule has 0 bridgehead atoms. The van der Waals surface area contributed by atoms with Crippen LogP contribution in [0, 0.1) is 19.3 Å². The van der Waals surface area contributed by atoms with Crippen LogP contribution in [0.15, 0.2) is 0 Å². The molecule has 0 saturated carbocycles. The summed E-state index contributed by atoms with van der Waals surface area (Å²) in [6.45, 7) is 11.4. The predicted molar refractivity (Wildman–Crippen MR) is 67.4 cm³/mol. The van der Waals surface area contributed by atoms with Gasteiger partial charge in [0.25, 0.3) is 0 Å². The number of aromatic nitrogens is 2. The van der Waals surface area contributed by atoms with Gasteiger partial charge in [0.1, 0.15) is 5.82 Å². The van der Waals surface area contributed by atoms with Crippen LogP contribution in [0.4, 0.5) is 0 Å². The second-order valence-corrected chi connectivity index (χ2v) is 5.57. The summed E-state index contributed by atoms with van der Waals surface area (Å²) >= 11 is 0. The Balaban J connectivity index is 3.00. The van der Waals surface area contributed by atoms with Crippen LogP contribution >= 0.6 is 0 Å². The fraction of sp³-hybridized carbons (Fsp3) is 0.692. The Labute approximate surface area is 98.5 Å². The van der Waals surface area contributed by atoms with Gasteiger partial charge in [0, 0.05) is 17.8 Å². The number of nitrogens with two attached hydrogens (primary N) is 1. The summed E-state index contributed by atoms with van der Waals surface area (Å²) in [4.78, 5) is 9.14. The van der Waals surface area contributed by atoms with E-state index < -0.39 is 0 Å². The largest absolute Gasteiger partial charge is 0.330 e. The Morgan fingerprint density at radius 1 is 1.06 bits per heavy atom. The lowest BCUT2D eigenvalue weighted by Crippen LogP contribution is -2.15. The number of nitrogens with zero attached hydrogens (tertiary/aromatic N) is 2. The van der Waals surface area contributed by atoms with E-state index >= 15 is 0 Å².